The second kappa shape index (κ2) is 5.06. The largest absolute Gasteiger partial charge is 0.269 e. The van der Waals surface area contributed by atoms with E-state index >= 15 is 0 Å². The number of hydrogen-bond donors (Lipinski definition) is 0. The summed E-state index contributed by atoms with van der Waals surface area (Å²) in [5, 5.41) is 18.1. The summed E-state index contributed by atoms with van der Waals surface area (Å²) in [6.45, 7) is 3.98. The molecule has 114 valence electrons. The standard InChI is InChI=1S/C17H16N6/c1-11-8-15(13-6-4-3-5-7-13)23-16(11)19-17(21-23)22-10-14(9-18)12(2)20-22/h3-7,10-11,15H,8H2,1-2H3. The number of nitriles is 1. The van der Waals surface area contributed by atoms with E-state index in [-0.39, 0.29) is 6.04 Å². The molecule has 1 aliphatic rings. The molecule has 2 aromatic heterocycles. The van der Waals surface area contributed by atoms with Crippen molar-refractivity contribution in [2.45, 2.75) is 32.2 Å². The van der Waals surface area contributed by atoms with Gasteiger partial charge in [0, 0.05) is 5.92 Å². The minimum absolute atomic E-state index is 0.203. The highest BCUT2D eigenvalue weighted by atomic mass is 15.5. The zero-order valence-corrected chi connectivity index (χ0v) is 13.0. The zero-order valence-electron chi connectivity index (χ0n) is 13.0. The van der Waals surface area contributed by atoms with Crippen LogP contribution in [0.2, 0.25) is 0 Å². The molecule has 1 aromatic carbocycles. The highest BCUT2D eigenvalue weighted by molar-refractivity contribution is 5.33. The molecule has 0 bridgehead atoms. The fourth-order valence-electron chi connectivity index (χ4n) is 3.15. The summed E-state index contributed by atoms with van der Waals surface area (Å²) in [5.41, 5.74) is 2.48. The van der Waals surface area contributed by atoms with Crippen LogP contribution in [-0.4, -0.2) is 24.5 Å². The van der Waals surface area contributed by atoms with E-state index in [9.17, 15) is 0 Å². The second-order valence-electron chi connectivity index (χ2n) is 5.96. The molecule has 4 rings (SSSR count). The van der Waals surface area contributed by atoms with Gasteiger partial charge in [0.2, 0.25) is 0 Å². The molecule has 0 N–H and O–H groups in total. The van der Waals surface area contributed by atoms with Crippen molar-refractivity contribution in [3.05, 3.63) is 59.2 Å². The molecule has 0 aliphatic carbocycles. The van der Waals surface area contributed by atoms with Gasteiger partial charge in [-0.05, 0) is 18.9 Å². The van der Waals surface area contributed by atoms with Crippen molar-refractivity contribution < 1.29 is 0 Å². The van der Waals surface area contributed by atoms with Gasteiger partial charge in [-0.15, -0.1) is 5.10 Å². The Bertz CT molecular complexity index is 899. The Labute approximate surface area is 134 Å². The molecule has 0 fully saturated rings. The van der Waals surface area contributed by atoms with Crippen molar-refractivity contribution in [1.82, 2.24) is 24.5 Å². The Kier molecular flexibility index (Phi) is 3.01. The van der Waals surface area contributed by atoms with E-state index in [1.165, 1.54) is 5.56 Å². The van der Waals surface area contributed by atoms with Gasteiger partial charge in [0.25, 0.3) is 5.95 Å². The highest BCUT2D eigenvalue weighted by Crippen LogP contribution is 2.38. The monoisotopic (exact) mass is 304 g/mol. The van der Waals surface area contributed by atoms with E-state index in [1.807, 2.05) is 29.8 Å². The van der Waals surface area contributed by atoms with Crippen LogP contribution in [0.1, 0.15) is 47.9 Å². The van der Waals surface area contributed by atoms with Crippen LogP contribution < -0.4 is 0 Å². The zero-order chi connectivity index (χ0) is 16.0. The maximum Gasteiger partial charge on any atom is 0.269 e. The quantitative estimate of drug-likeness (QED) is 0.729. The molecule has 2 atom stereocenters. The highest BCUT2D eigenvalue weighted by Gasteiger charge is 2.33. The van der Waals surface area contributed by atoms with E-state index in [0.29, 0.717) is 23.1 Å². The first-order chi connectivity index (χ1) is 11.2. The van der Waals surface area contributed by atoms with E-state index in [1.54, 1.807) is 10.9 Å². The minimum atomic E-state index is 0.203. The Morgan fingerprint density at radius 2 is 2.00 bits per heavy atom. The molecule has 0 saturated carbocycles. The average Bonchev–Trinajstić information content (AvgIpc) is 3.23. The van der Waals surface area contributed by atoms with Crippen LogP contribution in [-0.2, 0) is 0 Å². The number of hydrogen-bond acceptors (Lipinski definition) is 4. The lowest BCUT2D eigenvalue weighted by molar-refractivity contribution is 0.538. The summed E-state index contributed by atoms with van der Waals surface area (Å²) < 4.78 is 3.59. The van der Waals surface area contributed by atoms with Crippen LogP contribution >= 0.6 is 0 Å². The van der Waals surface area contributed by atoms with E-state index in [0.717, 1.165) is 12.2 Å². The first kappa shape index (κ1) is 13.7. The smallest absolute Gasteiger partial charge is 0.240 e. The lowest BCUT2D eigenvalue weighted by Gasteiger charge is -2.11. The summed E-state index contributed by atoms with van der Waals surface area (Å²) in [6, 6.07) is 12.7. The third kappa shape index (κ3) is 2.13. The summed E-state index contributed by atoms with van der Waals surface area (Å²) in [5.74, 6) is 1.84. The Balaban J connectivity index is 1.77. The number of fused-ring (bicyclic) bond motifs is 1. The summed E-state index contributed by atoms with van der Waals surface area (Å²) in [4.78, 5) is 4.65. The van der Waals surface area contributed by atoms with Crippen molar-refractivity contribution in [3.63, 3.8) is 0 Å². The number of rotatable bonds is 2. The molecule has 6 heteroatoms. The summed E-state index contributed by atoms with van der Waals surface area (Å²) >= 11 is 0. The molecule has 0 spiro atoms. The van der Waals surface area contributed by atoms with E-state index < -0.39 is 0 Å². The summed E-state index contributed by atoms with van der Waals surface area (Å²) in [6.07, 6.45) is 2.68. The van der Waals surface area contributed by atoms with Crippen LogP contribution in [0, 0.1) is 18.3 Å². The van der Waals surface area contributed by atoms with E-state index in [2.05, 4.69) is 40.3 Å². The maximum atomic E-state index is 9.08. The predicted octanol–water partition coefficient (Wildman–Crippen LogP) is 2.74. The molecule has 6 nitrogen and oxygen atoms in total. The number of aryl methyl sites for hydroxylation is 1. The van der Waals surface area contributed by atoms with Gasteiger partial charge < -0.3 is 0 Å². The number of aromatic nitrogens is 5. The summed E-state index contributed by atoms with van der Waals surface area (Å²) in [7, 11) is 0. The van der Waals surface area contributed by atoms with Crippen molar-refractivity contribution >= 4 is 0 Å². The van der Waals surface area contributed by atoms with Gasteiger partial charge in [-0.1, -0.05) is 37.3 Å². The number of benzene rings is 1. The minimum Gasteiger partial charge on any atom is -0.240 e. The fourth-order valence-corrected chi connectivity index (χ4v) is 3.15. The van der Waals surface area contributed by atoms with Gasteiger partial charge in [-0.2, -0.15) is 15.3 Å². The maximum absolute atomic E-state index is 9.08. The third-order valence-corrected chi connectivity index (χ3v) is 4.37. The molecular formula is C17H16N6. The molecule has 23 heavy (non-hydrogen) atoms. The molecule has 2 unspecified atom stereocenters. The van der Waals surface area contributed by atoms with Gasteiger partial charge in [0.1, 0.15) is 11.9 Å². The van der Waals surface area contributed by atoms with Gasteiger partial charge in [-0.25, -0.2) is 9.36 Å². The van der Waals surface area contributed by atoms with Gasteiger partial charge in [0.15, 0.2) is 0 Å². The van der Waals surface area contributed by atoms with Crippen molar-refractivity contribution in [1.29, 1.82) is 5.26 Å². The Hall–Kier alpha value is -2.94. The molecule has 3 heterocycles. The predicted molar refractivity (Wildman–Crippen MR) is 84.2 cm³/mol. The fraction of sp³-hybridized carbons (Fsp3) is 0.294. The van der Waals surface area contributed by atoms with Crippen LogP contribution in [0.3, 0.4) is 0 Å². The van der Waals surface area contributed by atoms with Crippen molar-refractivity contribution in [2.24, 2.45) is 0 Å². The van der Waals surface area contributed by atoms with Crippen LogP contribution in [0.25, 0.3) is 5.95 Å². The first-order valence-electron chi connectivity index (χ1n) is 7.65. The van der Waals surface area contributed by atoms with Crippen LogP contribution in [0.5, 0.6) is 0 Å². The van der Waals surface area contributed by atoms with Crippen LogP contribution in [0.15, 0.2) is 36.5 Å². The SMILES string of the molecule is Cc1nn(-c2nc3n(n2)C(c2ccccc2)CC3C)cc1C#N. The Morgan fingerprint density at radius 1 is 1.22 bits per heavy atom. The van der Waals surface area contributed by atoms with Crippen molar-refractivity contribution in [2.75, 3.05) is 0 Å². The normalized spacial score (nSPS) is 19.5. The van der Waals surface area contributed by atoms with Crippen LogP contribution in [0.4, 0.5) is 0 Å². The second-order valence-corrected chi connectivity index (χ2v) is 5.96. The lowest BCUT2D eigenvalue weighted by Crippen LogP contribution is -2.08. The number of nitrogens with zero attached hydrogens (tertiary/aromatic N) is 6. The van der Waals surface area contributed by atoms with Crippen molar-refractivity contribution in [3.8, 4) is 12.0 Å². The van der Waals surface area contributed by atoms with Gasteiger partial charge in [0.05, 0.1) is 23.5 Å². The molecule has 1 aliphatic heterocycles. The van der Waals surface area contributed by atoms with Gasteiger partial charge in [-0.3, -0.25) is 0 Å². The third-order valence-electron chi connectivity index (χ3n) is 4.37. The van der Waals surface area contributed by atoms with Gasteiger partial charge >= 0.3 is 0 Å². The Morgan fingerprint density at radius 3 is 2.70 bits per heavy atom. The average molecular weight is 304 g/mol. The molecule has 0 radical (unpaired) electrons. The lowest BCUT2D eigenvalue weighted by atomic mass is 10.0. The first-order valence-corrected chi connectivity index (χ1v) is 7.65. The molecule has 3 aromatic rings. The molecule has 0 saturated heterocycles. The molecule has 0 amide bonds. The molecular weight excluding hydrogens is 288 g/mol. The van der Waals surface area contributed by atoms with E-state index in [4.69, 9.17) is 5.26 Å². The topological polar surface area (TPSA) is 72.3 Å².